The fourth-order valence-electron chi connectivity index (χ4n) is 6.11. The third kappa shape index (κ3) is 6.06. The molecule has 0 saturated heterocycles. The topological polar surface area (TPSA) is 68.2 Å². The number of ketones is 1. The first-order valence-electron chi connectivity index (χ1n) is 15.3. The van der Waals surface area contributed by atoms with Crippen molar-refractivity contribution < 1.29 is 19.1 Å². The van der Waals surface area contributed by atoms with Crippen molar-refractivity contribution >= 4 is 23.5 Å². The molecule has 4 aromatic carbocycles. The second kappa shape index (κ2) is 13.1. The van der Waals surface area contributed by atoms with Crippen molar-refractivity contribution in [2.45, 2.75) is 39.2 Å². The van der Waals surface area contributed by atoms with Crippen LogP contribution in [0.4, 0.5) is 0 Å². The SMILES string of the molecule is CCOc1ccc(C=C2CCCC3C2=NN(C(=O)c2ccc(C(=O)c4ccccc4)cc2)C3c2ccc(OCC)cc2)cc1. The van der Waals surface area contributed by atoms with E-state index in [0.717, 1.165) is 53.2 Å². The van der Waals surface area contributed by atoms with Crippen LogP contribution in [-0.4, -0.2) is 35.6 Å². The monoisotopic (exact) mass is 584 g/mol. The van der Waals surface area contributed by atoms with Crippen LogP contribution in [0.25, 0.3) is 6.08 Å². The second-order valence-corrected chi connectivity index (χ2v) is 11.0. The Morgan fingerprint density at radius 3 is 2.00 bits per heavy atom. The van der Waals surface area contributed by atoms with Gasteiger partial charge in [-0.15, -0.1) is 0 Å². The zero-order valence-electron chi connectivity index (χ0n) is 25.1. The Bertz CT molecular complexity index is 1670. The largest absolute Gasteiger partial charge is 0.494 e. The lowest BCUT2D eigenvalue weighted by Crippen LogP contribution is -2.32. The molecule has 1 aliphatic heterocycles. The molecule has 6 nitrogen and oxygen atoms in total. The highest BCUT2D eigenvalue weighted by atomic mass is 16.5. The van der Waals surface area contributed by atoms with Crippen LogP contribution in [0.15, 0.2) is 114 Å². The van der Waals surface area contributed by atoms with E-state index < -0.39 is 0 Å². The molecule has 0 spiro atoms. The molecule has 1 heterocycles. The Kier molecular flexibility index (Phi) is 8.69. The van der Waals surface area contributed by atoms with Gasteiger partial charge in [0.15, 0.2) is 5.78 Å². The van der Waals surface area contributed by atoms with E-state index in [1.807, 2.05) is 68.4 Å². The van der Waals surface area contributed by atoms with Crippen LogP contribution in [0.1, 0.15) is 76.6 Å². The van der Waals surface area contributed by atoms with Crippen molar-refractivity contribution in [1.29, 1.82) is 0 Å². The molecule has 4 aromatic rings. The summed E-state index contributed by atoms with van der Waals surface area (Å²) in [5.74, 6) is 1.45. The van der Waals surface area contributed by atoms with Crippen LogP contribution < -0.4 is 9.47 Å². The van der Waals surface area contributed by atoms with Crippen molar-refractivity contribution in [2.75, 3.05) is 13.2 Å². The van der Waals surface area contributed by atoms with Gasteiger partial charge < -0.3 is 9.47 Å². The first-order chi connectivity index (χ1) is 21.6. The molecule has 222 valence electrons. The molecule has 44 heavy (non-hydrogen) atoms. The van der Waals surface area contributed by atoms with Gasteiger partial charge in [0.05, 0.1) is 25.0 Å². The van der Waals surface area contributed by atoms with Gasteiger partial charge in [0.25, 0.3) is 5.91 Å². The molecule has 0 aromatic heterocycles. The number of fused-ring (bicyclic) bond motifs is 1. The van der Waals surface area contributed by atoms with Crippen LogP contribution in [0.5, 0.6) is 11.5 Å². The lowest BCUT2D eigenvalue weighted by Gasteiger charge is -2.30. The first kappa shape index (κ1) is 29.1. The summed E-state index contributed by atoms with van der Waals surface area (Å²) in [6, 6.07) is 31.9. The average molecular weight is 585 g/mol. The summed E-state index contributed by atoms with van der Waals surface area (Å²) in [7, 11) is 0. The van der Waals surface area contributed by atoms with Gasteiger partial charge >= 0.3 is 0 Å². The van der Waals surface area contributed by atoms with Gasteiger partial charge in [-0.2, -0.15) is 5.10 Å². The van der Waals surface area contributed by atoms with Crippen LogP contribution in [-0.2, 0) is 0 Å². The fraction of sp³-hybridized carbons (Fsp3) is 0.237. The van der Waals surface area contributed by atoms with E-state index in [4.69, 9.17) is 14.6 Å². The minimum Gasteiger partial charge on any atom is -0.494 e. The summed E-state index contributed by atoms with van der Waals surface area (Å²) in [4.78, 5) is 27.1. The molecule has 1 aliphatic carbocycles. The second-order valence-electron chi connectivity index (χ2n) is 11.0. The molecule has 2 atom stereocenters. The number of hydrogen-bond acceptors (Lipinski definition) is 5. The summed E-state index contributed by atoms with van der Waals surface area (Å²) < 4.78 is 11.3. The maximum Gasteiger partial charge on any atom is 0.274 e. The van der Waals surface area contributed by atoms with Crippen molar-refractivity contribution in [3.63, 3.8) is 0 Å². The number of benzene rings is 4. The summed E-state index contributed by atoms with van der Waals surface area (Å²) >= 11 is 0. The molecule has 0 radical (unpaired) electrons. The molecule has 0 N–H and O–H groups in total. The number of hydrogen-bond donors (Lipinski definition) is 0. The highest BCUT2D eigenvalue weighted by Gasteiger charge is 2.44. The third-order valence-corrected chi connectivity index (χ3v) is 8.20. The highest BCUT2D eigenvalue weighted by Crippen LogP contribution is 2.45. The molecule has 1 fully saturated rings. The summed E-state index contributed by atoms with van der Waals surface area (Å²) in [5.41, 5.74) is 5.86. The quantitative estimate of drug-likeness (QED) is 0.186. The number of amides is 1. The van der Waals surface area contributed by atoms with Crippen LogP contribution >= 0.6 is 0 Å². The van der Waals surface area contributed by atoms with Gasteiger partial charge in [-0.3, -0.25) is 9.59 Å². The predicted octanol–water partition coefficient (Wildman–Crippen LogP) is 8.15. The maximum atomic E-state index is 14.1. The van der Waals surface area contributed by atoms with E-state index in [-0.39, 0.29) is 23.7 Å². The van der Waals surface area contributed by atoms with Gasteiger partial charge in [-0.05, 0) is 92.3 Å². The zero-order valence-corrected chi connectivity index (χ0v) is 25.1. The van der Waals surface area contributed by atoms with Gasteiger partial charge in [-0.1, -0.05) is 66.7 Å². The van der Waals surface area contributed by atoms with E-state index >= 15 is 0 Å². The first-order valence-corrected chi connectivity index (χ1v) is 15.3. The summed E-state index contributed by atoms with van der Waals surface area (Å²) in [6.45, 7) is 5.15. The Morgan fingerprint density at radius 2 is 1.36 bits per heavy atom. The minimum absolute atomic E-state index is 0.0681. The highest BCUT2D eigenvalue weighted by molar-refractivity contribution is 6.10. The Balaban J connectivity index is 1.33. The van der Waals surface area contributed by atoms with Crippen molar-refractivity contribution in [3.8, 4) is 11.5 Å². The molecule has 6 rings (SSSR count). The van der Waals surface area contributed by atoms with Crippen LogP contribution in [0, 0.1) is 5.92 Å². The summed E-state index contributed by atoms with van der Waals surface area (Å²) in [6.07, 6.45) is 5.04. The molecular formula is C38H36N2O4. The minimum atomic E-state index is -0.247. The molecule has 2 unspecified atom stereocenters. The van der Waals surface area contributed by atoms with Crippen LogP contribution in [0.3, 0.4) is 0 Å². The number of carbonyl (C=O) groups excluding carboxylic acids is 2. The zero-order chi connectivity index (χ0) is 30.5. The number of carbonyl (C=O) groups is 2. The van der Waals surface area contributed by atoms with Gasteiger partial charge in [-0.25, -0.2) is 5.01 Å². The molecule has 6 heteroatoms. The van der Waals surface area contributed by atoms with E-state index in [2.05, 4.69) is 18.2 Å². The normalized spacial score (nSPS) is 18.5. The number of ether oxygens (including phenoxy) is 2. The lowest BCUT2D eigenvalue weighted by atomic mass is 9.77. The van der Waals surface area contributed by atoms with Crippen molar-refractivity contribution in [2.24, 2.45) is 11.0 Å². The van der Waals surface area contributed by atoms with Gasteiger partial charge in [0.1, 0.15) is 11.5 Å². The van der Waals surface area contributed by atoms with Gasteiger partial charge in [0.2, 0.25) is 0 Å². The van der Waals surface area contributed by atoms with Crippen LogP contribution in [0.2, 0.25) is 0 Å². The molecule has 1 amide bonds. The van der Waals surface area contributed by atoms with Crippen molar-refractivity contribution in [1.82, 2.24) is 5.01 Å². The molecular weight excluding hydrogens is 548 g/mol. The van der Waals surface area contributed by atoms with Gasteiger partial charge in [0, 0.05) is 22.6 Å². The number of hydrazone groups is 1. The van der Waals surface area contributed by atoms with Crippen molar-refractivity contribution in [3.05, 3.63) is 137 Å². The lowest BCUT2D eigenvalue weighted by molar-refractivity contribution is 0.0680. The van der Waals surface area contributed by atoms with E-state index in [1.165, 1.54) is 0 Å². The predicted molar refractivity (Wildman–Crippen MR) is 173 cm³/mol. The number of allylic oxidation sites excluding steroid dienone is 1. The average Bonchev–Trinajstić information content (AvgIpc) is 3.47. The smallest absolute Gasteiger partial charge is 0.274 e. The number of rotatable bonds is 9. The standard InChI is InChI=1S/C38H36N2O4/c1-3-43-32-21-13-26(14-22-32)25-31-11-8-12-34-35(31)39-40(36(34)27-19-23-33(24-20-27)44-4-2)38(42)30-17-15-29(16-18-30)37(41)28-9-6-5-7-10-28/h5-7,9-10,13-25,34,36H,3-4,8,11-12H2,1-2H3. The Morgan fingerprint density at radius 1 is 0.773 bits per heavy atom. The fourth-order valence-corrected chi connectivity index (χ4v) is 6.11. The van der Waals surface area contributed by atoms with E-state index in [1.54, 1.807) is 41.4 Å². The van der Waals surface area contributed by atoms with E-state index in [0.29, 0.717) is 29.9 Å². The maximum absolute atomic E-state index is 14.1. The summed E-state index contributed by atoms with van der Waals surface area (Å²) in [5, 5.41) is 6.70. The Hall–Kier alpha value is -4.97. The van der Waals surface area contributed by atoms with E-state index in [9.17, 15) is 9.59 Å². The molecule has 0 bridgehead atoms. The Labute approximate surface area is 258 Å². The molecule has 2 aliphatic rings. The number of nitrogens with zero attached hydrogens (tertiary/aromatic N) is 2. The molecule has 1 saturated carbocycles. The third-order valence-electron chi connectivity index (χ3n) is 8.20.